The Bertz CT molecular complexity index is 654. The van der Waals surface area contributed by atoms with Gasteiger partial charge in [-0.1, -0.05) is 12.1 Å². The molecule has 7 heteroatoms. The molecule has 1 atom stereocenters. The zero-order valence-electron chi connectivity index (χ0n) is 11.3. The van der Waals surface area contributed by atoms with Crippen LogP contribution in [-0.4, -0.2) is 38.4 Å². The Labute approximate surface area is 117 Å². The highest BCUT2D eigenvalue weighted by molar-refractivity contribution is 7.90. The van der Waals surface area contributed by atoms with Crippen molar-refractivity contribution in [3.05, 3.63) is 29.8 Å². The minimum Gasteiger partial charge on any atom is -0.325 e. The fourth-order valence-electron chi connectivity index (χ4n) is 2.07. The number of carbonyl (C=O) groups excluding carboxylic acids is 2. The number of sulfone groups is 1. The first kappa shape index (κ1) is 14.5. The first-order valence-corrected chi connectivity index (χ1v) is 8.23. The van der Waals surface area contributed by atoms with Gasteiger partial charge in [0.05, 0.1) is 11.4 Å². The summed E-state index contributed by atoms with van der Waals surface area (Å²) in [7, 11) is -3.16. The second-order valence-electron chi connectivity index (χ2n) is 4.93. The fraction of sp³-hybridized carbons (Fsp3) is 0.385. The third kappa shape index (κ3) is 3.16. The maximum atomic E-state index is 12.2. The van der Waals surface area contributed by atoms with Gasteiger partial charge in [0.1, 0.15) is 15.9 Å². The molecule has 0 aromatic heterocycles. The Morgan fingerprint density at radius 3 is 2.60 bits per heavy atom. The number of hydrogen-bond acceptors (Lipinski definition) is 4. The zero-order valence-corrected chi connectivity index (χ0v) is 12.1. The third-order valence-corrected chi connectivity index (χ3v) is 4.03. The standard InChI is InChI=1S/C13H16N2O4S/c1-9-4-3-5-10(8-9)15-12(16)11(14-13(15)17)6-7-20(2,18)19/h3-5,8,11H,6-7H2,1-2H3,(H,14,17). The number of aryl methyl sites for hydroxylation is 1. The van der Waals surface area contributed by atoms with Gasteiger partial charge in [0.25, 0.3) is 5.91 Å². The molecule has 0 aliphatic carbocycles. The molecule has 1 aliphatic heterocycles. The van der Waals surface area contributed by atoms with Gasteiger partial charge in [0, 0.05) is 6.26 Å². The van der Waals surface area contributed by atoms with E-state index in [1.165, 1.54) is 0 Å². The zero-order chi connectivity index (χ0) is 14.9. The summed E-state index contributed by atoms with van der Waals surface area (Å²) in [5.74, 6) is -0.546. The Morgan fingerprint density at radius 2 is 2.00 bits per heavy atom. The summed E-state index contributed by atoms with van der Waals surface area (Å²) < 4.78 is 22.3. The van der Waals surface area contributed by atoms with Gasteiger partial charge in [-0.25, -0.2) is 18.1 Å². The molecular weight excluding hydrogens is 280 g/mol. The van der Waals surface area contributed by atoms with Gasteiger partial charge in [-0.15, -0.1) is 0 Å². The lowest BCUT2D eigenvalue weighted by Gasteiger charge is -2.13. The van der Waals surface area contributed by atoms with Crippen LogP contribution in [0.5, 0.6) is 0 Å². The van der Waals surface area contributed by atoms with Crippen molar-refractivity contribution in [3.63, 3.8) is 0 Å². The van der Waals surface area contributed by atoms with Crippen molar-refractivity contribution in [1.29, 1.82) is 0 Å². The first-order chi connectivity index (χ1) is 9.28. The Balaban J connectivity index is 2.17. The van der Waals surface area contributed by atoms with Gasteiger partial charge in [0.15, 0.2) is 0 Å². The van der Waals surface area contributed by atoms with Crippen LogP contribution in [0.4, 0.5) is 10.5 Å². The maximum Gasteiger partial charge on any atom is 0.329 e. The van der Waals surface area contributed by atoms with Crippen molar-refractivity contribution in [2.75, 3.05) is 16.9 Å². The van der Waals surface area contributed by atoms with Crippen LogP contribution >= 0.6 is 0 Å². The molecule has 1 N–H and O–H groups in total. The number of benzene rings is 1. The van der Waals surface area contributed by atoms with Gasteiger partial charge in [-0.2, -0.15) is 0 Å². The van der Waals surface area contributed by atoms with E-state index in [9.17, 15) is 18.0 Å². The van der Waals surface area contributed by atoms with E-state index in [0.717, 1.165) is 16.7 Å². The predicted molar refractivity (Wildman–Crippen MR) is 75.3 cm³/mol. The molecule has 3 amide bonds. The summed E-state index contributed by atoms with van der Waals surface area (Å²) in [4.78, 5) is 25.1. The van der Waals surface area contributed by atoms with Crippen LogP contribution in [0.3, 0.4) is 0 Å². The molecule has 0 bridgehead atoms. The number of urea groups is 1. The van der Waals surface area contributed by atoms with Crippen LogP contribution in [0.2, 0.25) is 0 Å². The van der Waals surface area contributed by atoms with Crippen molar-refractivity contribution >= 4 is 27.5 Å². The largest absolute Gasteiger partial charge is 0.329 e. The van der Waals surface area contributed by atoms with E-state index in [0.29, 0.717) is 5.69 Å². The summed E-state index contributed by atoms with van der Waals surface area (Å²) in [6.45, 7) is 1.86. The van der Waals surface area contributed by atoms with Gasteiger partial charge in [-0.3, -0.25) is 4.79 Å². The Kier molecular flexibility index (Phi) is 3.80. The number of rotatable bonds is 4. The molecule has 1 heterocycles. The van der Waals surface area contributed by atoms with E-state index in [4.69, 9.17) is 0 Å². The summed E-state index contributed by atoms with van der Waals surface area (Å²) >= 11 is 0. The van der Waals surface area contributed by atoms with Crippen LogP contribution < -0.4 is 10.2 Å². The molecule has 6 nitrogen and oxygen atoms in total. The van der Waals surface area contributed by atoms with Gasteiger partial charge in [-0.05, 0) is 31.0 Å². The molecule has 1 aliphatic rings. The Morgan fingerprint density at radius 1 is 1.30 bits per heavy atom. The Hall–Kier alpha value is -1.89. The summed E-state index contributed by atoms with van der Waals surface area (Å²) in [6, 6.07) is 5.73. The quantitative estimate of drug-likeness (QED) is 0.835. The molecule has 20 heavy (non-hydrogen) atoms. The number of amides is 3. The average molecular weight is 296 g/mol. The smallest absolute Gasteiger partial charge is 0.325 e. The molecule has 0 saturated carbocycles. The molecule has 1 unspecified atom stereocenters. The number of carbonyl (C=O) groups is 2. The molecule has 1 fully saturated rings. The highest BCUT2D eigenvalue weighted by atomic mass is 32.2. The molecule has 2 rings (SSSR count). The summed E-state index contributed by atoms with van der Waals surface area (Å²) in [5.41, 5.74) is 1.43. The lowest BCUT2D eigenvalue weighted by molar-refractivity contribution is -0.118. The van der Waals surface area contributed by atoms with Crippen molar-refractivity contribution < 1.29 is 18.0 Å². The van der Waals surface area contributed by atoms with Crippen molar-refractivity contribution in [2.45, 2.75) is 19.4 Å². The second kappa shape index (κ2) is 5.24. The van der Waals surface area contributed by atoms with Crippen LogP contribution in [0, 0.1) is 6.92 Å². The first-order valence-electron chi connectivity index (χ1n) is 6.17. The molecule has 1 aromatic carbocycles. The molecule has 1 aromatic rings. The molecular formula is C13H16N2O4S. The van der Waals surface area contributed by atoms with Crippen LogP contribution in [-0.2, 0) is 14.6 Å². The lowest BCUT2D eigenvalue weighted by atomic mass is 10.2. The van der Waals surface area contributed by atoms with Crippen LogP contribution in [0.1, 0.15) is 12.0 Å². The van der Waals surface area contributed by atoms with E-state index in [1.54, 1.807) is 18.2 Å². The molecule has 0 spiro atoms. The minimum atomic E-state index is -3.16. The monoisotopic (exact) mass is 296 g/mol. The van der Waals surface area contributed by atoms with E-state index >= 15 is 0 Å². The second-order valence-corrected chi connectivity index (χ2v) is 7.19. The lowest BCUT2D eigenvalue weighted by Crippen LogP contribution is -2.32. The van der Waals surface area contributed by atoms with Crippen molar-refractivity contribution in [2.24, 2.45) is 0 Å². The van der Waals surface area contributed by atoms with Gasteiger partial charge in [0.2, 0.25) is 0 Å². The van der Waals surface area contributed by atoms with Gasteiger partial charge >= 0.3 is 6.03 Å². The third-order valence-electron chi connectivity index (χ3n) is 3.06. The molecule has 108 valence electrons. The predicted octanol–water partition coefficient (Wildman–Crippen LogP) is 0.855. The maximum absolute atomic E-state index is 12.2. The number of nitrogens with zero attached hydrogens (tertiary/aromatic N) is 1. The number of anilines is 1. The van der Waals surface area contributed by atoms with Crippen molar-refractivity contribution in [1.82, 2.24) is 5.32 Å². The van der Waals surface area contributed by atoms with E-state index in [2.05, 4.69) is 5.32 Å². The van der Waals surface area contributed by atoms with Crippen LogP contribution in [0.15, 0.2) is 24.3 Å². The summed E-state index contributed by atoms with van der Waals surface area (Å²) in [5, 5.41) is 2.52. The summed E-state index contributed by atoms with van der Waals surface area (Å²) in [6.07, 6.45) is 1.19. The van der Waals surface area contributed by atoms with Crippen molar-refractivity contribution in [3.8, 4) is 0 Å². The number of nitrogens with one attached hydrogen (secondary N) is 1. The average Bonchev–Trinajstić information content (AvgIpc) is 2.61. The normalized spacial score (nSPS) is 19.3. The highest BCUT2D eigenvalue weighted by Gasteiger charge is 2.39. The number of hydrogen-bond donors (Lipinski definition) is 1. The minimum absolute atomic E-state index is 0.0890. The van der Waals surface area contributed by atoms with E-state index in [-0.39, 0.29) is 12.2 Å². The molecule has 0 radical (unpaired) electrons. The van der Waals surface area contributed by atoms with E-state index < -0.39 is 27.8 Å². The highest BCUT2D eigenvalue weighted by Crippen LogP contribution is 2.21. The molecule has 1 saturated heterocycles. The van der Waals surface area contributed by atoms with Gasteiger partial charge < -0.3 is 5.32 Å². The number of imide groups is 1. The van der Waals surface area contributed by atoms with E-state index in [1.807, 2.05) is 13.0 Å². The van der Waals surface area contributed by atoms with Crippen LogP contribution in [0.25, 0.3) is 0 Å². The fourth-order valence-corrected chi connectivity index (χ4v) is 2.73. The SMILES string of the molecule is Cc1cccc(N2C(=O)NC(CCS(C)(=O)=O)C2=O)c1. The topological polar surface area (TPSA) is 83.6 Å².